The summed E-state index contributed by atoms with van der Waals surface area (Å²) in [5.41, 5.74) is 1.44. The molecule has 5 atom stereocenters. The first-order valence-corrected chi connectivity index (χ1v) is 12.9. The van der Waals surface area contributed by atoms with Crippen LogP contribution in [-0.4, -0.2) is 69.8 Å². The van der Waals surface area contributed by atoms with Crippen LogP contribution in [0.2, 0.25) is 0 Å². The Hall–Kier alpha value is -2.77. The van der Waals surface area contributed by atoms with Crippen LogP contribution >= 0.6 is 0 Å². The lowest BCUT2D eigenvalue weighted by atomic mass is 9.48. The van der Waals surface area contributed by atoms with E-state index in [4.69, 9.17) is 9.15 Å². The predicted molar refractivity (Wildman–Crippen MR) is 129 cm³/mol. The average Bonchev–Trinajstić information content (AvgIpc) is 3.36. The van der Waals surface area contributed by atoms with Crippen LogP contribution in [0.5, 0.6) is 11.5 Å². The van der Waals surface area contributed by atoms with E-state index in [0.717, 1.165) is 43.0 Å². The lowest BCUT2D eigenvalue weighted by molar-refractivity contribution is -0.200. The minimum absolute atomic E-state index is 0.0360. The van der Waals surface area contributed by atoms with Crippen molar-refractivity contribution in [3.8, 4) is 11.5 Å². The maximum atomic E-state index is 13.2. The van der Waals surface area contributed by atoms with Gasteiger partial charge in [0.2, 0.25) is 5.91 Å². The summed E-state index contributed by atoms with van der Waals surface area (Å²) >= 11 is 0. The van der Waals surface area contributed by atoms with Crippen LogP contribution in [0.3, 0.4) is 0 Å². The summed E-state index contributed by atoms with van der Waals surface area (Å²) in [4.78, 5) is 17.5. The molecular formula is C28H32N2O5. The number of rotatable bonds is 5. The van der Waals surface area contributed by atoms with E-state index in [9.17, 15) is 15.0 Å². The number of aromatic hydroxyl groups is 1. The monoisotopic (exact) mass is 476 g/mol. The van der Waals surface area contributed by atoms with E-state index in [1.807, 2.05) is 19.2 Å². The summed E-state index contributed by atoms with van der Waals surface area (Å²) in [5, 5.41) is 23.3. The highest BCUT2D eigenvalue weighted by molar-refractivity contribution is 5.91. The third-order valence-electron chi connectivity index (χ3n) is 9.54. The summed E-state index contributed by atoms with van der Waals surface area (Å²) in [6, 6.07) is 5.38. The lowest BCUT2D eigenvalue weighted by Crippen LogP contribution is -2.78. The fourth-order valence-corrected chi connectivity index (χ4v) is 7.67. The molecule has 0 radical (unpaired) electrons. The highest BCUT2D eigenvalue weighted by atomic mass is 16.5. The molecule has 1 amide bonds. The number of carbonyl (C=O) groups excluding carboxylic acids is 1. The van der Waals surface area contributed by atoms with Crippen molar-refractivity contribution in [2.24, 2.45) is 5.92 Å². The van der Waals surface area contributed by atoms with Crippen LogP contribution in [0.15, 0.2) is 41.2 Å². The summed E-state index contributed by atoms with van der Waals surface area (Å²) in [6.07, 6.45) is 11.5. The topological polar surface area (TPSA) is 86.4 Å². The number of phenols is 1. The van der Waals surface area contributed by atoms with Gasteiger partial charge in [-0.15, -0.1) is 0 Å². The van der Waals surface area contributed by atoms with E-state index in [1.54, 1.807) is 35.6 Å². The minimum atomic E-state index is -0.941. The second-order valence-corrected chi connectivity index (χ2v) is 11.2. The number of likely N-dealkylation sites (N-methyl/N-ethyl adjacent to an activating group) is 1. The number of phenolic OH excluding ortho intramolecular Hbond substituents is 1. The fraction of sp³-hybridized carbons (Fsp3) is 0.536. The Kier molecular flexibility index (Phi) is 4.53. The van der Waals surface area contributed by atoms with Gasteiger partial charge in [0.1, 0.15) is 6.10 Å². The van der Waals surface area contributed by atoms with Gasteiger partial charge in [-0.05, 0) is 74.8 Å². The Balaban J connectivity index is 1.28. The zero-order chi connectivity index (χ0) is 23.9. The van der Waals surface area contributed by atoms with Crippen molar-refractivity contribution in [3.05, 3.63) is 53.5 Å². The van der Waals surface area contributed by atoms with Crippen LogP contribution < -0.4 is 4.74 Å². The summed E-state index contributed by atoms with van der Waals surface area (Å²) in [7, 11) is 1.82. The Morgan fingerprint density at radius 3 is 2.89 bits per heavy atom. The summed E-state index contributed by atoms with van der Waals surface area (Å²) in [5.74, 6) is 1.28. The molecule has 2 saturated carbocycles. The molecule has 1 unspecified atom stereocenters. The smallest absolute Gasteiger partial charge is 0.246 e. The molecule has 3 fully saturated rings. The molecule has 5 aliphatic rings. The maximum absolute atomic E-state index is 13.2. The van der Waals surface area contributed by atoms with Crippen molar-refractivity contribution in [3.63, 3.8) is 0 Å². The van der Waals surface area contributed by atoms with Crippen LogP contribution in [-0.2, 0) is 16.6 Å². The van der Waals surface area contributed by atoms with Crippen molar-refractivity contribution in [1.29, 1.82) is 0 Å². The normalized spacial score (nSPS) is 35.1. The third-order valence-corrected chi connectivity index (χ3v) is 9.54. The van der Waals surface area contributed by atoms with Crippen molar-refractivity contribution in [2.45, 2.75) is 67.7 Å². The highest BCUT2D eigenvalue weighted by Crippen LogP contribution is 2.66. The molecule has 2 aromatic rings. The number of hydrogen-bond acceptors (Lipinski definition) is 6. The first kappa shape index (κ1) is 21.5. The van der Waals surface area contributed by atoms with E-state index >= 15 is 0 Å². The number of carbonyl (C=O) groups is 1. The standard InChI is InChI=1S/C28H32N2O5/c1-29(23(32)7-4-18-9-13-34-16-18)20-8-10-28(33)22-14-19-5-6-21(31)25-24(19)27(28,26(20)35-25)11-12-30(22)15-17-2-3-17/h4-7,9,13,16-17,20,22,26,31,33H,2-3,8,10-12,14-15H2,1H3/b7-4+/t20-,22-,26?,27+,28-/m0/s1. The molecule has 1 spiro atoms. The summed E-state index contributed by atoms with van der Waals surface area (Å²) < 4.78 is 11.7. The van der Waals surface area contributed by atoms with Crippen molar-refractivity contribution in [2.75, 3.05) is 20.1 Å². The van der Waals surface area contributed by atoms with Gasteiger partial charge in [-0.3, -0.25) is 9.69 Å². The highest BCUT2D eigenvalue weighted by Gasteiger charge is 2.73. The first-order valence-electron chi connectivity index (χ1n) is 12.9. The molecular weight excluding hydrogens is 444 g/mol. The molecule has 2 N–H and O–H groups in total. The zero-order valence-electron chi connectivity index (χ0n) is 20.0. The van der Waals surface area contributed by atoms with E-state index in [0.29, 0.717) is 18.6 Å². The molecule has 3 heterocycles. The Bertz CT molecular complexity index is 1200. The molecule has 1 aromatic carbocycles. The second kappa shape index (κ2) is 7.37. The van der Waals surface area contributed by atoms with Crippen LogP contribution in [0.4, 0.5) is 0 Å². The molecule has 7 heteroatoms. The Morgan fingerprint density at radius 2 is 2.11 bits per heavy atom. The molecule has 1 saturated heterocycles. The van der Waals surface area contributed by atoms with Gasteiger partial charge in [0.25, 0.3) is 0 Å². The van der Waals surface area contributed by atoms with Gasteiger partial charge < -0.3 is 24.3 Å². The van der Waals surface area contributed by atoms with Gasteiger partial charge in [-0.2, -0.15) is 0 Å². The van der Waals surface area contributed by atoms with E-state index < -0.39 is 17.1 Å². The van der Waals surface area contributed by atoms with Gasteiger partial charge in [-0.1, -0.05) is 6.07 Å². The molecule has 1 aromatic heterocycles. The molecule has 2 bridgehead atoms. The number of furan rings is 1. The largest absolute Gasteiger partial charge is 0.504 e. The van der Waals surface area contributed by atoms with Gasteiger partial charge in [0.15, 0.2) is 11.5 Å². The number of piperidine rings is 1. The number of amides is 1. The molecule has 3 aliphatic carbocycles. The fourth-order valence-electron chi connectivity index (χ4n) is 7.67. The Morgan fingerprint density at radius 1 is 1.26 bits per heavy atom. The van der Waals surface area contributed by atoms with Crippen LogP contribution in [0, 0.1) is 5.92 Å². The van der Waals surface area contributed by atoms with E-state index in [-0.39, 0.29) is 23.7 Å². The lowest BCUT2D eigenvalue weighted by Gasteiger charge is -2.64. The number of likely N-dealkylation sites (tertiary alicyclic amines) is 1. The SMILES string of the molecule is CN(C(=O)/C=C/c1ccoc1)[C@H]1CC[C@]2(O)[C@@H]3Cc4ccc(O)c5c4[C@]2(CCN3CC2CC2)C1O5. The van der Waals surface area contributed by atoms with Gasteiger partial charge in [-0.25, -0.2) is 0 Å². The number of ether oxygens (including phenoxy) is 1. The van der Waals surface area contributed by atoms with Crippen LogP contribution in [0.25, 0.3) is 6.08 Å². The average molecular weight is 477 g/mol. The second-order valence-electron chi connectivity index (χ2n) is 11.2. The summed E-state index contributed by atoms with van der Waals surface area (Å²) in [6.45, 7) is 1.96. The molecule has 7 nitrogen and oxygen atoms in total. The number of benzene rings is 1. The Labute approximate surface area is 205 Å². The minimum Gasteiger partial charge on any atom is -0.504 e. The van der Waals surface area contributed by atoms with Gasteiger partial charge in [0, 0.05) is 36.8 Å². The van der Waals surface area contributed by atoms with E-state index in [1.165, 1.54) is 18.4 Å². The van der Waals surface area contributed by atoms with Crippen molar-refractivity contribution >= 4 is 12.0 Å². The quantitative estimate of drug-likeness (QED) is 0.645. The molecule has 7 rings (SSSR count). The molecule has 2 aliphatic heterocycles. The number of nitrogens with zero attached hydrogens (tertiary/aromatic N) is 2. The van der Waals surface area contributed by atoms with Crippen LogP contribution in [0.1, 0.15) is 48.8 Å². The first-order chi connectivity index (χ1) is 16.9. The van der Waals surface area contributed by atoms with Crippen molar-refractivity contribution < 1.29 is 24.2 Å². The van der Waals surface area contributed by atoms with Gasteiger partial charge >= 0.3 is 0 Å². The van der Waals surface area contributed by atoms with E-state index in [2.05, 4.69) is 4.90 Å². The maximum Gasteiger partial charge on any atom is 0.246 e. The van der Waals surface area contributed by atoms with Crippen molar-refractivity contribution in [1.82, 2.24) is 9.80 Å². The third kappa shape index (κ3) is 2.88. The molecule has 35 heavy (non-hydrogen) atoms. The number of hydrogen-bond donors (Lipinski definition) is 2. The number of aliphatic hydroxyl groups is 1. The zero-order valence-corrected chi connectivity index (χ0v) is 20.0. The predicted octanol–water partition coefficient (Wildman–Crippen LogP) is 3.09. The molecule has 184 valence electrons. The van der Waals surface area contributed by atoms with Gasteiger partial charge in [0.05, 0.1) is 29.6 Å².